The maximum Gasteiger partial charge on any atom is 0.101 e. The van der Waals surface area contributed by atoms with E-state index < -0.39 is 12.2 Å². The molecule has 0 fully saturated rings. The van der Waals surface area contributed by atoms with Crippen molar-refractivity contribution < 1.29 is 10.2 Å². The van der Waals surface area contributed by atoms with Crippen molar-refractivity contribution in [3.8, 4) is 0 Å². The molecule has 0 saturated carbocycles. The quantitative estimate of drug-likeness (QED) is 0.709. The van der Waals surface area contributed by atoms with Crippen LogP contribution in [0.4, 0.5) is 0 Å². The largest absolute Gasteiger partial charge is 0.390 e. The summed E-state index contributed by atoms with van der Waals surface area (Å²) in [6, 6.07) is 0. The Labute approximate surface area is 86.0 Å². The zero-order valence-electron chi connectivity index (χ0n) is 9.25. The zero-order chi connectivity index (χ0) is 10.9. The first-order valence-corrected chi connectivity index (χ1v) is 5.10. The molecule has 14 heavy (non-hydrogen) atoms. The van der Waals surface area contributed by atoms with Crippen LogP contribution in [0.1, 0.15) is 33.6 Å². The highest BCUT2D eigenvalue weighted by atomic mass is 16.3. The van der Waals surface area contributed by atoms with Gasteiger partial charge in [-0.15, -0.1) is 0 Å². The van der Waals surface area contributed by atoms with Gasteiger partial charge in [0.2, 0.25) is 0 Å². The van der Waals surface area contributed by atoms with Gasteiger partial charge in [0.25, 0.3) is 0 Å². The number of hydrogen-bond donors (Lipinski definition) is 2. The minimum absolute atomic E-state index is 0.127. The Morgan fingerprint density at radius 2 is 2.00 bits per heavy atom. The number of rotatable bonds is 2. The van der Waals surface area contributed by atoms with Gasteiger partial charge in [0.15, 0.2) is 0 Å². The Hall–Kier alpha value is -0.600. The van der Waals surface area contributed by atoms with Crippen molar-refractivity contribution in [2.24, 2.45) is 5.41 Å². The van der Waals surface area contributed by atoms with Crippen LogP contribution in [0.2, 0.25) is 0 Å². The van der Waals surface area contributed by atoms with E-state index in [1.807, 2.05) is 6.08 Å². The van der Waals surface area contributed by atoms with Crippen molar-refractivity contribution in [2.75, 3.05) is 0 Å². The van der Waals surface area contributed by atoms with Crippen LogP contribution in [0.5, 0.6) is 0 Å². The summed E-state index contributed by atoms with van der Waals surface area (Å²) < 4.78 is 0. The second-order valence-corrected chi connectivity index (χ2v) is 4.81. The molecule has 2 N–H and O–H groups in total. The van der Waals surface area contributed by atoms with E-state index in [2.05, 4.69) is 20.4 Å². The van der Waals surface area contributed by atoms with Gasteiger partial charge in [-0.25, -0.2) is 0 Å². The van der Waals surface area contributed by atoms with E-state index in [1.165, 1.54) is 0 Å². The summed E-state index contributed by atoms with van der Waals surface area (Å²) in [5.74, 6) is 0. The van der Waals surface area contributed by atoms with E-state index in [-0.39, 0.29) is 5.41 Å². The van der Waals surface area contributed by atoms with Crippen molar-refractivity contribution in [1.82, 2.24) is 0 Å². The maximum atomic E-state index is 9.68. The summed E-state index contributed by atoms with van der Waals surface area (Å²) >= 11 is 0. The number of aliphatic hydroxyl groups is 2. The fourth-order valence-electron chi connectivity index (χ4n) is 1.65. The summed E-state index contributed by atoms with van der Waals surface area (Å²) in [7, 11) is 0. The second-order valence-electron chi connectivity index (χ2n) is 4.81. The first-order valence-electron chi connectivity index (χ1n) is 5.10. The second kappa shape index (κ2) is 3.87. The lowest BCUT2D eigenvalue weighted by Gasteiger charge is -2.33. The topological polar surface area (TPSA) is 40.5 Å². The zero-order valence-corrected chi connectivity index (χ0v) is 9.25. The summed E-state index contributed by atoms with van der Waals surface area (Å²) in [4.78, 5) is 0. The van der Waals surface area contributed by atoms with E-state index in [0.717, 1.165) is 24.0 Å². The van der Waals surface area contributed by atoms with Gasteiger partial charge >= 0.3 is 0 Å². The predicted octanol–water partition coefficient (Wildman–Crippen LogP) is 2.03. The van der Waals surface area contributed by atoms with Crippen LogP contribution in [0, 0.1) is 5.41 Å². The Morgan fingerprint density at radius 3 is 2.43 bits per heavy atom. The van der Waals surface area contributed by atoms with Gasteiger partial charge in [-0.2, -0.15) is 0 Å². The van der Waals surface area contributed by atoms with Gasteiger partial charge in [-0.3, -0.25) is 0 Å². The molecule has 0 aromatic heterocycles. The number of aliphatic hydroxyl groups excluding tert-OH is 2. The predicted molar refractivity (Wildman–Crippen MR) is 57.9 cm³/mol. The average Bonchev–Trinajstić information content (AvgIpc) is 2.08. The standard InChI is InChI=1S/C12H20O2/c1-8-7-10(11(14)9(2)13)5-6-12(8,3)4/h7,9,11,13-14H,1,5-6H2,2-4H3/t9-,11+/m0/s1. The molecule has 0 radical (unpaired) electrons. The molecule has 0 aromatic rings. The van der Waals surface area contributed by atoms with Crippen LogP contribution in [0.25, 0.3) is 0 Å². The molecule has 1 rings (SSSR count). The summed E-state index contributed by atoms with van der Waals surface area (Å²) in [6.45, 7) is 9.90. The van der Waals surface area contributed by atoms with Crippen LogP contribution >= 0.6 is 0 Å². The lowest BCUT2D eigenvalue weighted by atomic mass is 9.74. The molecule has 1 aliphatic carbocycles. The highest BCUT2D eigenvalue weighted by molar-refractivity contribution is 5.32. The van der Waals surface area contributed by atoms with Crippen molar-refractivity contribution in [2.45, 2.75) is 45.8 Å². The molecule has 1 aliphatic rings. The third-order valence-electron chi connectivity index (χ3n) is 3.10. The van der Waals surface area contributed by atoms with Gasteiger partial charge in [0.1, 0.15) is 6.10 Å². The molecule has 0 bridgehead atoms. The minimum Gasteiger partial charge on any atom is -0.390 e. The van der Waals surface area contributed by atoms with Crippen molar-refractivity contribution in [3.05, 3.63) is 23.8 Å². The molecule has 2 heteroatoms. The molecule has 2 nitrogen and oxygen atoms in total. The highest BCUT2D eigenvalue weighted by Gasteiger charge is 2.28. The third kappa shape index (κ3) is 2.25. The molecular weight excluding hydrogens is 176 g/mol. The third-order valence-corrected chi connectivity index (χ3v) is 3.10. The summed E-state index contributed by atoms with van der Waals surface area (Å²) in [5.41, 5.74) is 2.07. The van der Waals surface area contributed by atoms with E-state index in [9.17, 15) is 10.2 Å². The van der Waals surface area contributed by atoms with Crippen molar-refractivity contribution in [1.29, 1.82) is 0 Å². The molecule has 0 heterocycles. The molecule has 0 spiro atoms. The maximum absolute atomic E-state index is 9.68. The Kier molecular flexibility index (Phi) is 3.17. The lowest BCUT2D eigenvalue weighted by molar-refractivity contribution is 0.0509. The lowest BCUT2D eigenvalue weighted by Crippen LogP contribution is -2.28. The Morgan fingerprint density at radius 1 is 1.43 bits per heavy atom. The van der Waals surface area contributed by atoms with Crippen LogP contribution in [-0.4, -0.2) is 22.4 Å². The van der Waals surface area contributed by atoms with E-state index in [0.29, 0.717) is 0 Å². The van der Waals surface area contributed by atoms with Crippen LogP contribution in [0.15, 0.2) is 23.8 Å². The molecule has 0 unspecified atom stereocenters. The van der Waals surface area contributed by atoms with Gasteiger partial charge in [0.05, 0.1) is 6.10 Å². The molecule has 0 saturated heterocycles. The smallest absolute Gasteiger partial charge is 0.101 e. The summed E-state index contributed by atoms with van der Waals surface area (Å²) in [6.07, 6.45) is 2.33. The first-order chi connectivity index (χ1) is 6.34. The van der Waals surface area contributed by atoms with Crippen LogP contribution in [0.3, 0.4) is 0 Å². The SMILES string of the molecule is C=C1C=C([C@H](O)[C@H](C)O)CCC1(C)C. The first kappa shape index (κ1) is 11.5. The Balaban J connectivity index is 2.81. The Bertz CT molecular complexity index is 261. The van der Waals surface area contributed by atoms with E-state index >= 15 is 0 Å². The molecule has 0 aromatic carbocycles. The fourth-order valence-corrected chi connectivity index (χ4v) is 1.65. The minimum atomic E-state index is -0.733. The molecule has 0 aliphatic heterocycles. The van der Waals surface area contributed by atoms with Gasteiger partial charge in [0, 0.05) is 0 Å². The normalized spacial score (nSPS) is 25.5. The van der Waals surface area contributed by atoms with Crippen molar-refractivity contribution >= 4 is 0 Å². The van der Waals surface area contributed by atoms with E-state index in [4.69, 9.17) is 0 Å². The monoisotopic (exact) mass is 196 g/mol. The summed E-state index contributed by atoms with van der Waals surface area (Å²) in [5, 5.41) is 18.9. The molecular formula is C12H20O2. The molecule has 80 valence electrons. The fraction of sp³-hybridized carbons (Fsp3) is 0.667. The van der Waals surface area contributed by atoms with Crippen molar-refractivity contribution in [3.63, 3.8) is 0 Å². The number of allylic oxidation sites excluding steroid dienone is 2. The molecule has 2 atom stereocenters. The highest BCUT2D eigenvalue weighted by Crippen LogP contribution is 2.38. The molecule has 0 amide bonds. The average molecular weight is 196 g/mol. The van der Waals surface area contributed by atoms with Gasteiger partial charge in [-0.1, -0.05) is 26.5 Å². The number of hydrogen-bond acceptors (Lipinski definition) is 2. The van der Waals surface area contributed by atoms with E-state index in [1.54, 1.807) is 6.92 Å². The van der Waals surface area contributed by atoms with Crippen LogP contribution in [-0.2, 0) is 0 Å². The van der Waals surface area contributed by atoms with Crippen LogP contribution < -0.4 is 0 Å². The van der Waals surface area contributed by atoms with Gasteiger partial charge < -0.3 is 10.2 Å². The van der Waals surface area contributed by atoms with Gasteiger partial charge in [-0.05, 0) is 36.3 Å².